The molecule has 216 valence electrons. The van der Waals surface area contributed by atoms with E-state index in [0.29, 0.717) is 36.0 Å². The van der Waals surface area contributed by atoms with Crippen LogP contribution in [0.1, 0.15) is 49.4 Å². The molecule has 6 aliphatic rings. The quantitative estimate of drug-likeness (QED) is 0.510. The van der Waals surface area contributed by atoms with Gasteiger partial charge in [0.25, 0.3) is 0 Å². The Balaban J connectivity index is 0.00000277. The SMILES string of the molecule is CCN1C[C@@H]2CC[C@@H](OC)[C@@]34C5C[C@]6(O)[C@@H](OC)C[C@@](O)(C5[C@H]6OC(=O)c5ccc(OC)cc5)[C@H](C[C@H]23)C14.Cl. The number of ether oxygens (including phenoxy) is 4. The van der Waals surface area contributed by atoms with E-state index in [9.17, 15) is 15.0 Å². The number of carbonyl (C=O) groups excluding carboxylic acids is 1. The highest BCUT2D eigenvalue weighted by Gasteiger charge is 2.84. The van der Waals surface area contributed by atoms with E-state index in [4.69, 9.17) is 18.9 Å². The number of hydrogen-bond donors (Lipinski definition) is 2. The lowest BCUT2D eigenvalue weighted by atomic mass is 9.46. The van der Waals surface area contributed by atoms with Gasteiger partial charge in [0, 0.05) is 50.5 Å². The summed E-state index contributed by atoms with van der Waals surface area (Å²) in [6, 6.07) is 7.01. The molecule has 8 nitrogen and oxygen atoms in total. The third kappa shape index (κ3) is 3.27. The molecule has 1 aromatic rings. The fraction of sp³-hybridized carbons (Fsp3) is 0.767. The molecule has 1 heterocycles. The second-order valence-electron chi connectivity index (χ2n) is 12.8. The number of fused-ring (bicyclic) bond motifs is 2. The van der Waals surface area contributed by atoms with E-state index in [-0.39, 0.29) is 47.7 Å². The molecular weight excluding hydrogens is 522 g/mol. The highest BCUT2D eigenvalue weighted by Crippen LogP contribution is 2.77. The number of benzene rings is 1. The second kappa shape index (κ2) is 9.30. The molecule has 1 saturated heterocycles. The van der Waals surface area contributed by atoms with E-state index in [1.807, 2.05) is 7.11 Å². The minimum Gasteiger partial charge on any atom is -0.497 e. The number of methoxy groups -OCH3 is 3. The largest absolute Gasteiger partial charge is 0.497 e. The van der Waals surface area contributed by atoms with Gasteiger partial charge >= 0.3 is 5.97 Å². The van der Waals surface area contributed by atoms with Gasteiger partial charge in [0.1, 0.15) is 17.5 Å². The molecule has 9 heteroatoms. The van der Waals surface area contributed by atoms with Crippen molar-refractivity contribution in [2.24, 2.45) is 35.0 Å². The Kier molecular flexibility index (Phi) is 6.61. The maximum atomic E-state index is 13.5. The standard InChI is InChI=1S/C30H41NO7.ClH/c1-5-31-15-17-8-11-22(36-3)30-19(17)12-20(25(30)31)28(33)14-23(37-4)29(34)13-21(30)24(28)26(29)38-27(32)16-6-9-18(35-2)10-7-16;/h6-7,9-10,17,19-26,33-34H,5,8,11-15H2,1-4H3;1H/t17-,19+,20+,21?,22+,23-,24?,25?,26+,28-,29-,30-;/m0./s1. The van der Waals surface area contributed by atoms with Crippen molar-refractivity contribution in [3.05, 3.63) is 29.8 Å². The van der Waals surface area contributed by atoms with Gasteiger partial charge in [0.05, 0.1) is 30.5 Å². The van der Waals surface area contributed by atoms with Crippen molar-refractivity contribution in [3.8, 4) is 5.75 Å². The molecule has 0 amide bonds. The van der Waals surface area contributed by atoms with Crippen molar-refractivity contribution in [1.29, 1.82) is 0 Å². The van der Waals surface area contributed by atoms with E-state index in [0.717, 1.165) is 32.4 Å². The van der Waals surface area contributed by atoms with Crippen LogP contribution in [0.3, 0.4) is 0 Å². The summed E-state index contributed by atoms with van der Waals surface area (Å²) in [4.78, 5) is 16.1. The summed E-state index contributed by atoms with van der Waals surface area (Å²) in [7, 11) is 5.01. The van der Waals surface area contributed by atoms with Gasteiger partial charge in [-0.15, -0.1) is 12.4 Å². The molecule has 0 aromatic heterocycles. The Bertz CT molecular complexity index is 1120. The van der Waals surface area contributed by atoms with Gasteiger partial charge in [-0.1, -0.05) is 6.92 Å². The lowest BCUT2D eigenvalue weighted by molar-refractivity contribution is -0.271. The van der Waals surface area contributed by atoms with Crippen molar-refractivity contribution in [2.75, 3.05) is 34.4 Å². The van der Waals surface area contributed by atoms with Crippen LogP contribution in [0.25, 0.3) is 0 Å². The fourth-order valence-corrected chi connectivity index (χ4v) is 11.0. The van der Waals surface area contributed by atoms with Crippen LogP contribution in [0, 0.1) is 35.0 Å². The summed E-state index contributed by atoms with van der Waals surface area (Å²) >= 11 is 0. The monoisotopic (exact) mass is 563 g/mol. The Morgan fingerprint density at radius 1 is 0.974 bits per heavy atom. The molecule has 12 atom stereocenters. The van der Waals surface area contributed by atoms with Crippen molar-refractivity contribution in [2.45, 2.75) is 74.6 Å². The van der Waals surface area contributed by atoms with E-state index in [1.165, 1.54) is 0 Å². The van der Waals surface area contributed by atoms with Crippen LogP contribution in [0.5, 0.6) is 5.75 Å². The smallest absolute Gasteiger partial charge is 0.338 e. The predicted octanol–water partition coefficient (Wildman–Crippen LogP) is 2.92. The number of piperidine rings is 1. The molecule has 0 radical (unpaired) electrons. The Hall–Kier alpha value is -1.42. The lowest BCUT2D eigenvalue weighted by Gasteiger charge is -2.67. The van der Waals surface area contributed by atoms with Gasteiger partial charge < -0.3 is 29.2 Å². The maximum absolute atomic E-state index is 13.5. The van der Waals surface area contributed by atoms with Gasteiger partial charge in [-0.2, -0.15) is 0 Å². The molecule has 5 saturated carbocycles. The summed E-state index contributed by atoms with van der Waals surface area (Å²) in [6.07, 6.45) is 2.50. The lowest BCUT2D eigenvalue weighted by Crippen LogP contribution is -2.75. The number of nitrogens with zero attached hydrogens (tertiary/aromatic N) is 1. The number of halogens is 1. The molecule has 7 rings (SSSR count). The van der Waals surface area contributed by atoms with E-state index in [1.54, 1.807) is 38.5 Å². The van der Waals surface area contributed by atoms with Crippen LogP contribution < -0.4 is 4.74 Å². The summed E-state index contributed by atoms with van der Waals surface area (Å²) < 4.78 is 23.7. The van der Waals surface area contributed by atoms with Crippen molar-refractivity contribution in [1.82, 2.24) is 4.90 Å². The summed E-state index contributed by atoms with van der Waals surface area (Å²) in [5, 5.41) is 25.1. The van der Waals surface area contributed by atoms with Crippen molar-refractivity contribution >= 4 is 18.4 Å². The summed E-state index contributed by atoms with van der Waals surface area (Å²) in [5.41, 5.74) is -2.24. The number of aliphatic hydroxyl groups is 2. The van der Waals surface area contributed by atoms with Crippen LogP contribution in [0.2, 0.25) is 0 Å². The van der Waals surface area contributed by atoms with E-state index in [2.05, 4.69) is 11.8 Å². The summed E-state index contributed by atoms with van der Waals surface area (Å²) in [5.74, 6) is 0.810. The zero-order valence-electron chi connectivity index (χ0n) is 23.2. The van der Waals surface area contributed by atoms with Crippen LogP contribution in [0.4, 0.5) is 0 Å². The Morgan fingerprint density at radius 3 is 2.33 bits per heavy atom. The number of carbonyl (C=O) groups is 1. The minimum atomic E-state index is -1.37. The predicted molar refractivity (Wildman–Crippen MR) is 145 cm³/mol. The third-order valence-electron chi connectivity index (χ3n) is 12.1. The topological polar surface area (TPSA) is 97.7 Å². The highest BCUT2D eigenvalue weighted by molar-refractivity contribution is 5.89. The first-order chi connectivity index (χ1) is 18.3. The molecule has 7 bridgehead atoms. The Labute approximate surface area is 236 Å². The van der Waals surface area contributed by atoms with E-state index >= 15 is 0 Å². The van der Waals surface area contributed by atoms with Crippen LogP contribution >= 0.6 is 12.4 Å². The molecule has 39 heavy (non-hydrogen) atoms. The Morgan fingerprint density at radius 2 is 1.69 bits per heavy atom. The van der Waals surface area contributed by atoms with Gasteiger partial charge in [0.15, 0.2) is 0 Å². The first-order valence-corrected chi connectivity index (χ1v) is 14.4. The van der Waals surface area contributed by atoms with Gasteiger partial charge in [-0.25, -0.2) is 4.79 Å². The zero-order valence-corrected chi connectivity index (χ0v) is 24.1. The molecule has 6 fully saturated rings. The molecule has 1 aliphatic heterocycles. The molecule has 2 N–H and O–H groups in total. The normalized spacial score (nSPS) is 48.8. The molecule has 1 spiro atoms. The number of likely N-dealkylation sites (tertiary alicyclic amines) is 1. The molecule has 1 aromatic carbocycles. The van der Waals surface area contributed by atoms with Gasteiger partial charge in [-0.05, 0) is 74.2 Å². The first kappa shape index (κ1) is 27.7. The van der Waals surface area contributed by atoms with E-state index < -0.39 is 29.4 Å². The number of esters is 1. The van der Waals surface area contributed by atoms with Gasteiger partial charge in [0.2, 0.25) is 0 Å². The third-order valence-corrected chi connectivity index (χ3v) is 12.1. The van der Waals surface area contributed by atoms with Crippen LogP contribution in [0.15, 0.2) is 24.3 Å². The minimum absolute atomic E-state index is 0. The van der Waals surface area contributed by atoms with Gasteiger partial charge in [-0.3, -0.25) is 4.90 Å². The molecule has 5 aliphatic carbocycles. The first-order valence-electron chi connectivity index (χ1n) is 14.4. The van der Waals surface area contributed by atoms with Crippen LogP contribution in [-0.4, -0.2) is 91.1 Å². The zero-order chi connectivity index (χ0) is 26.6. The molecule has 3 unspecified atom stereocenters. The second-order valence-corrected chi connectivity index (χ2v) is 12.8. The average molecular weight is 564 g/mol. The summed E-state index contributed by atoms with van der Waals surface area (Å²) in [6.45, 7) is 4.23. The average Bonchev–Trinajstić information content (AvgIpc) is 3.31. The highest BCUT2D eigenvalue weighted by atomic mass is 35.5. The number of hydrogen-bond acceptors (Lipinski definition) is 8. The number of rotatable bonds is 6. The van der Waals surface area contributed by atoms with Crippen molar-refractivity contribution < 1.29 is 34.0 Å². The molecular formula is C30H42ClNO7. The fourth-order valence-electron chi connectivity index (χ4n) is 11.0. The maximum Gasteiger partial charge on any atom is 0.338 e. The van der Waals surface area contributed by atoms with Crippen molar-refractivity contribution in [3.63, 3.8) is 0 Å². The van der Waals surface area contributed by atoms with Crippen LogP contribution in [-0.2, 0) is 14.2 Å².